The molecule has 0 fully saturated rings. The summed E-state index contributed by atoms with van der Waals surface area (Å²) in [7, 11) is 0. The summed E-state index contributed by atoms with van der Waals surface area (Å²) in [6, 6.07) is -5.27. The Morgan fingerprint density at radius 2 is 1.57 bits per heavy atom. The summed E-state index contributed by atoms with van der Waals surface area (Å²) in [6.45, 7) is -0.782. The van der Waals surface area contributed by atoms with Crippen molar-refractivity contribution in [2.75, 3.05) is 13.2 Å². The molecular weight excluding hydrogens is 492 g/mol. The summed E-state index contributed by atoms with van der Waals surface area (Å²) in [6.07, 6.45) is 2.70. The van der Waals surface area contributed by atoms with Crippen LogP contribution in [0.15, 0.2) is 17.5 Å². The smallest absolute Gasteiger partial charge is 0.328 e. The highest BCUT2D eigenvalue weighted by atomic mass is 16.4. The number of carboxylic acids is 1. The molecule has 0 aliphatic heterocycles. The number of nitrogens with two attached hydrogens (primary N) is 4. The molecule has 0 saturated heterocycles. The number of aliphatic carboxylic acids is 1. The normalized spacial score (nSPS) is 13.9. The molecule has 14 N–H and O–H groups in total. The largest absolute Gasteiger partial charge is 0.480 e. The predicted octanol–water partition coefficient (Wildman–Crippen LogP) is -4.87. The average Bonchev–Trinajstić information content (AvgIpc) is 3.33. The quantitative estimate of drug-likeness (QED) is 0.0521. The van der Waals surface area contributed by atoms with Crippen molar-refractivity contribution in [3.05, 3.63) is 18.2 Å². The van der Waals surface area contributed by atoms with Crippen LogP contribution >= 0.6 is 0 Å². The molecule has 1 aromatic heterocycles. The van der Waals surface area contributed by atoms with Gasteiger partial charge in [-0.15, -0.1) is 0 Å². The van der Waals surface area contributed by atoms with Crippen LogP contribution in [-0.2, 0) is 30.4 Å². The Bertz CT molecular complexity index is 949. The topological polar surface area (TPSA) is 307 Å². The number of aliphatic hydroxyl groups is 1. The molecule has 1 aromatic rings. The van der Waals surface area contributed by atoms with Gasteiger partial charge in [-0.05, 0) is 19.3 Å². The minimum Gasteiger partial charge on any atom is -0.480 e. The van der Waals surface area contributed by atoms with Gasteiger partial charge in [0.05, 0.1) is 19.0 Å². The third kappa shape index (κ3) is 11.8. The highest BCUT2D eigenvalue weighted by Crippen LogP contribution is 2.05. The average molecular weight is 527 g/mol. The van der Waals surface area contributed by atoms with E-state index < -0.39 is 60.4 Å². The first kappa shape index (κ1) is 30.8. The summed E-state index contributed by atoms with van der Waals surface area (Å²) in [5.74, 6) is -4.86. The van der Waals surface area contributed by atoms with Gasteiger partial charge in [0.2, 0.25) is 23.6 Å². The van der Waals surface area contributed by atoms with Gasteiger partial charge in [0.15, 0.2) is 5.96 Å². The van der Waals surface area contributed by atoms with Crippen LogP contribution in [-0.4, -0.2) is 93.1 Å². The maximum atomic E-state index is 13.0. The van der Waals surface area contributed by atoms with Gasteiger partial charge in [-0.1, -0.05) is 0 Å². The van der Waals surface area contributed by atoms with Crippen LogP contribution in [0.3, 0.4) is 0 Å². The number of amides is 4. The number of nitrogens with zero attached hydrogens (tertiary/aromatic N) is 2. The molecule has 4 amide bonds. The molecular formula is C20H34N10O7. The lowest BCUT2D eigenvalue weighted by Gasteiger charge is -2.24. The lowest BCUT2D eigenvalue weighted by atomic mass is 10.1. The number of nitrogens with one attached hydrogen (secondary N) is 4. The Balaban J connectivity index is 2.99. The SMILES string of the molecule is NC(=O)CCC(NC(=O)C(N)Cc1cnc[nH]1)C(=O)NC(CCCN=C(N)N)C(=O)NC(CO)C(=O)O. The van der Waals surface area contributed by atoms with Crippen molar-refractivity contribution in [2.45, 2.75) is 56.3 Å². The maximum absolute atomic E-state index is 13.0. The molecule has 0 aliphatic rings. The molecule has 0 aromatic carbocycles. The second-order valence-corrected chi connectivity index (χ2v) is 8.05. The second-order valence-electron chi connectivity index (χ2n) is 8.05. The molecule has 0 saturated carbocycles. The van der Waals surface area contributed by atoms with E-state index in [4.69, 9.17) is 28.0 Å². The van der Waals surface area contributed by atoms with E-state index in [0.717, 1.165) is 0 Å². The first-order valence-corrected chi connectivity index (χ1v) is 11.3. The van der Waals surface area contributed by atoms with E-state index in [0.29, 0.717) is 5.69 Å². The Hall–Kier alpha value is -4.25. The highest BCUT2D eigenvalue weighted by Gasteiger charge is 2.30. The molecule has 37 heavy (non-hydrogen) atoms. The zero-order valence-corrected chi connectivity index (χ0v) is 20.1. The maximum Gasteiger partial charge on any atom is 0.328 e. The van der Waals surface area contributed by atoms with Gasteiger partial charge < -0.3 is 54.1 Å². The van der Waals surface area contributed by atoms with Crippen LogP contribution in [0, 0.1) is 0 Å². The number of imidazole rings is 1. The number of aliphatic imine (C=N–C) groups is 1. The number of primary amides is 1. The van der Waals surface area contributed by atoms with Crippen LogP contribution in [0.4, 0.5) is 0 Å². The van der Waals surface area contributed by atoms with Gasteiger partial charge in [-0.3, -0.25) is 24.2 Å². The number of aromatic nitrogens is 2. The molecule has 206 valence electrons. The summed E-state index contributed by atoms with van der Waals surface area (Å²) >= 11 is 0. The Morgan fingerprint density at radius 3 is 2.08 bits per heavy atom. The van der Waals surface area contributed by atoms with Crippen LogP contribution < -0.4 is 38.9 Å². The Labute approximate surface area is 211 Å². The van der Waals surface area contributed by atoms with Gasteiger partial charge in [0.25, 0.3) is 0 Å². The number of hydrogen-bond acceptors (Lipinski definition) is 9. The number of hydrogen-bond donors (Lipinski definition) is 10. The Morgan fingerprint density at radius 1 is 0.973 bits per heavy atom. The lowest BCUT2D eigenvalue weighted by molar-refractivity contribution is -0.143. The summed E-state index contributed by atoms with van der Waals surface area (Å²) in [5.41, 5.74) is 22.2. The van der Waals surface area contributed by atoms with E-state index in [1.807, 2.05) is 0 Å². The number of carbonyl (C=O) groups excluding carboxylic acids is 4. The second kappa shape index (κ2) is 15.7. The molecule has 0 radical (unpaired) electrons. The van der Waals surface area contributed by atoms with E-state index in [-0.39, 0.29) is 44.6 Å². The third-order valence-electron chi connectivity index (χ3n) is 5.02. The predicted molar refractivity (Wildman–Crippen MR) is 129 cm³/mol. The van der Waals surface area contributed by atoms with Crippen LogP contribution in [0.25, 0.3) is 0 Å². The van der Waals surface area contributed by atoms with Crippen molar-refractivity contribution in [3.8, 4) is 0 Å². The Kier molecular flexibility index (Phi) is 13.0. The first-order chi connectivity index (χ1) is 17.4. The number of H-pyrrole nitrogens is 1. The van der Waals surface area contributed by atoms with Gasteiger partial charge in [-0.2, -0.15) is 0 Å². The number of carbonyl (C=O) groups is 5. The number of carboxylic acid groups (broad SMARTS) is 1. The molecule has 0 aliphatic carbocycles. The number of rotatable bonds is 17. The number of guanidine groups is 1. The summed E-state index contributed by atoms with van der Waals surface area (Å²) in [4.78, 5) is 71.2. The lowest BCUT2D eigenvalue weighted by Crippen LogP contribution is -2.57. The standard InChI is InChI=1S/C20H34N10O7/c21-11(6-10-7-25-9-27-10)16(33)28-13(3-4-15(22)32)18(35)29-12(2-1-5-26-20(23)24)17(34)30-14(8-31)19(36)37/h7,9,11-14,31H,1-6,8,21H2,(H2,22,32)(H,25,27)(H,28,33)(H,29,35)(H,30,34)(H,36,37)(H4,23,24,26). The van der Waals surface area contributed by atoms with Crippen LogP contribution in [0.2, 0.25) is 0 Å². The van der Waals surface area contributed by atoms with E-state index >= 15 is 0 Å². The van der Waals surface area contributed by atoms with Crippen molar-refractivity contribution < 1.29 is 34.2 Å². The van der Waals surface area contributed by atoms with Crippen molar-refractivity contribution >= 4 is 35.6 Å². The number of aromatic amines is 1. The van der Waals surface area contributed by atoms with E-state index in [9.17, 15) is 29.1 Å². The van der Waals surface area contributed by atoms with Gasteiger partial charge >= 0.3 is 5.97 Å². The van der Waals surface area contributed by atoms with Gasteiger partial charge in [0.1, 0.15) is 18.1 Å². The fourth-order valence-electron chi connectivity index (χ4n) is 3.06. The highest BCUT2D eigenvalue weighted by molar-refractivity contribution is 5.94. The molecule has 0 bridgehead atoms. The van der Waals surface area contributed by atoms with E-state index in [2.05, 4.69) is 30.9 Å². The fourth-order valence-corrected chi connectivity index (χ4v) is 3.06. The molecule has 1 rings (SSSR count). The minimum absolute atomic E-state index is 0.0258. The van der Waals surface area contributed by atoms with Crippen molar-refractivity contribution in [3.63, 3.8) is 0 Å². The van der Waals surface area contributed by atoms with Crippen LogP contribution in [0.5, 0.6) is 0 Å². The van der Waals surface area contributed by atoms with E-state index in [1.165, 1.54) is 12.5 Å². The fraction of sp³-hybridized carbons (Fsp3) is 0.550. The number of aliphatic hydroxyl groups excluding tert-OH is 1. The molecule has 17 heteroatoms. The molecule has 17 nitrogen and oxygen atoms in total. The summed E-state index contributed by atoms with van der Waals surface area (Å²) in [5, 5.41) is 25.3. The molecule has 0 spiro atoms. The molecule has 1 heterocycles. The van der Waals surface area contributed by atoms with E-state index in [1.54, 1.807) is 0 Å². The van der Waals surface area contributed by atoms with Gasteiger partial charge in [0, 0.05) is 31.3 Å². The van der Waals surface area contributed by atoms with Crippen LogP contribution in [0.1, 0.15) is 31.4 Å². The first-order valence-electron chi connectivity index (χ1n) is 11.3. The van der Waals surface area contributed by atoms with Crippen molar-refractivity contribution in [1.29, 1.82) is 0 Å². The molecule has 4 unspecified atom stereocenters. The van der Waals surface area contributed by atoms with Crippen molar-refractivity contribution in [1.82, 2.24) is 25.9 Å². The minimum atomic E-state index is -1.62. The van der Waals surface area contributed by atoms with Gasteiger partial charge in [-0.25, -0.2) is 9.78 Å². The zero-order chi connectivity index (χ0) is 28.0. The zero-order valence-electron chi connectivity index (χ0n) is 20.1. The third-order valence-corrected chi connectivity index (χ3v) is 5.02. The summed E-state index contributed by atoms with van der Waals surface area (Å²) < 4.78 is 0. The van der Waals surface area contributed by atoms with Crippen molar-refractivity contribution in [2.24, 2.45) is 27.9 Å². The monoisotopic (exact) mass is 526 g/mol. The molecule has 4 atom stereocenters.